The van der Waals surface area contributed by atoms with E-state index in [0.717, 1.165) is 24.2 Å². The van der Waals surface area contributed by atoms with Crippen molar-refractivity contribution in [1.82, 2.24) is 9.21 Å². The van der Waals surface area contributed by atoms with Crippen LogP contribution in [0.15, 0.2) is 47.4 Å². The highest BCUT2D eigenvalue weighted by atomic mass is 32.2. The fraction of sp³-hybridized carbons (Fsp3) is 0.348. The molecule has 9 heteroatoms. The summed E-state index contributed by atoms with van der Waals surface area (Å²) in [5, 5.41) is 0. The summed E-state index contributed by atoms with van der Waals surface area (Å²) in [7, 11) is -3.76. The summed E-state index contributed by atoms with van der Waals surface area (Å²) in [6.45, 7) is 3.43. The van der Waals surface area contributed by atoms with Crippen LogP contribution in [0, 0.1) is 6.92 Å². The molecule has 2 aliphatic rings. The van der Waals surface area contributed by atoms with E-state index in [0.29, 0.717) is 12.1 Å². The van der Waals surface area contributed by atoms with Gasteiger partial charge in [0.2, 0.25) is 10.0 Å². The molecule has 2 aromatic rings. The maximum Gasteiger partial charge on any atom is 0.340 e. The Hall–Kier alpha value is -3.04. The van der Waals surface area contributed by atoms with Crippen molar-refractivity contribution >= 4 is 27.8 Å². The molecule has 2 aliphatic heterocycles. The first-order valence-electron chi connectivity index (χ1n) is 10.5. The Morgan fingerprint density at radius 3 is 2.34 bits per heavy atom. The molecule has 0 aromatic heterocycles. The Labute approximate surface area is 186 Å². The summed E-state index contributed by atoms with van der Waals surface area (Å²) in [4.78, 5) is 38.5. The first-order valence-corrected chi connectivity index (χ1v) is 11.9. The molecule has 32 heavy (non-hydrogen) atoms. The summed E-state index contributed by atoms with van der Waals surface area (Å²) in [5.41, 5.74) is 1.12. The third kappa shape index (κ3) is 3.82. The van der Waals surface area contributed by atoms with Gasteiger partial charge in [-0.1, -0.05) is 24.6 Å². The zero-order chi connectivity index (χ0) is 23.0. The predicted octanol–water partition coefficient (Wildman–Crippen LogP) is 2.97. The number of aryl methyl sites for hydroxylation is 1. The van der Waals surface area contributed by atoms with E-state index >= 15 is 0 Å². The SMILES string of the molecule is Cc1ccc(S(=O)(=O)N2CCCCC2C)cc1C(=O)OCN1C(=O)c2ccccc2C1=O. The molecule has 1 atom stereocenters. The molecule has 2 amide bonds. The van der Waals surface area contributed by atoms with Crippen molar-refractivity contribution in [3.63, 3.8) is 0 Å². The molecular formula is C23H24N2O6S. The average molecular weight is 457 g/mol. The molecule has 0 radical (unpaired) electrons. The lowest BCUT2D eigenvalue weighted by Gasteiger charge is -2.32. The molecule has 0 saturated carbocycles. The van der Waals surface area contributed by atoms with Crippen LogP contribution in [0.25, 0.3) is 0 Å². The van der Waals surface area contributed by atoms with Crippen LogP contribution in [0.2, 0.25) is 0 Å². The number of fused-ring (bicyclic) bond motifs is 1. The van der Waals surface area contributed by atoms with Gasteiger partial charge in [-0.3, -0.25) is 9.59 Å². The first kappa shape index (κ1) is 22.2. The standard InChI is InChI=1S/C23H24N2O6S/c1-15-10-11-17(32(29,30)25-12-6-5-7-16(25)2)13-20(15)23(28)31-14-24-21(26)18-8-3-4-9-19(18)22(24)27/h3-4,8-11,13,16H,5-7,12,14H2,1-2H3. The van der Waals surface area contributed by atoms with Crippen LogP contribution >= 0.6 is 0 Å². The molecule has 4 rings (SSSR count). The zero-order valence-electron chi connectivity index (χ0n) is 17.9. The average Bonchev–Trinajstić information content (AvgIpc) is 3.02. The van der Waals surface area contributed by atoms with Crippen molar-refractivity contribution in [1.29, 1.82) is 0 Å². The Kier molecular flexibility index (Phi) is 5.87. The van der Waals surface area contributed by atoms with E-state index < -0.39 is 34.5 Å². The van der Waals surface area contributed by atoms with Crippen molar-refractivity contribution in [2.24, 2.45) is 0 Å². The summed E-state index contributed by atoms with van der Waals surface area (Å²) in [6.07, 6.45) is 2.57. The molecule has 2 heterocycles. The molecular weight excluding hydrogens is 432 g/mol. The van der Waals surface area contributed by atoms with Gasteiger partial charge in [0, 0.05) is 12.6 Å². The molecule has 168 valence electrons. The van der Waals surface area contributed by atoms with E-state index in [1.807, 2.05) is 6.92 Å². The van der Waals surface area contributed by atoms with Gasteiger partial charge in [-0.2, -0.15) is 4.31 Å². The molecule has 0 spiro atoms. The summed E-state index contributed by atoms with van der Waals surface area (Å²) >= 11 is 0. The Balaban J connectivity index is 1.52. The number of hydrogen-bond acceptors (Lipinski definition) is 6. The second-order valence-electron chi connectivity index (χ2n) is 8.08. The highest BCUT2D eigenvalue weighted by Gasteiger charge is 2.36. The number of carbonyl (C=O) groups excluding carboxylic acids is 3. The maximum atomic E-state index is 13.1. The second kappa shape index (κ2) is 8.48. The van der Waals surface area contributed by atoms with E-state index in [2.05, 4.69) is 0 Å². The minimum Gasteiger partial charge on any atom is -0.440 e. The lowest BCUT2D eigenvalue weighted by atomic mass is 10.1. The quantitative estimate of drug-likeness (QED) is 0.506. The summed E-state index contributed by atoms with van der Waals surface area (Å²) < 4.78 is 33.0. The van der Waals surface area contributed by atoms with Crippen molar-refractivity contribution in [3.8, 4) is 0 Å². The van der Waals surface area contributed by atoms with Crippen LogP contribution in [0.5, 0.6) is 0 Å². The van der Waals surface area contributed by atoms with Gasteiger partial charge in [0.25, 0.3) is 11.8 Å². The normalized spacial score (nSPS) is 19.2. The highest BCUT2D eigenvalue weighted by Crippen LogP contribution is 2.27. The van der Waals surface area contributed by atoms with Crippen LogP contribution in [0.4, 0.5) is 0 Å². The van der Waals surface area contributed by atoms with Gasteiger partial charge in [-0.15, -0.1) is 0 Å². The number of imide groups is 1. The number of carbonyl (C=O) groups is 3. The van der Waals surface area contributed by atoms with Crippen molar-refractivity contribution in [2.45, 2.75) is 44.0 Å². The molecule has 0 aliphatic carbocycles. The van der Waals surface area contributed by atoms with Gasteiger partial charge in [0.1, 0.15) is 0 Å². The van der Waals surface area contributed by atoms with Crippen LogP contribution < -0.4 is 0 Å². The number of ether oxygens (including phenoxy) is 1. The number of esters is 1. The zero-order valence-corrected chi connectivity index (χ0v) is 18.7. The van der Waals surface area contributed by atoms with E-state index in [1.54, 1.807) is 25.1 Å². The van der Waals surface area contributed by atoms with Crippen LogP contribution in [0.3, 0.4) is 0 Å². The first-order chi connectivity index (χ1) is 15.2. The van der Waals surface area contributed by atoms with Crippen molar-refractivity contribution in [2.75, 3.05) is 13.3 Å². The molecule has 0 N–H and O–H groups in total. The van der Waals surface area contributed by atoms with Gasteiger partial charge in [-0.25, -0.2) is 18.1 Å². The minimum absolute atomic E-state index is 0.0181. The molecule has 2 aromatic carbocycles. The minimum atomic E-state index is -3.76. The van der Waals surface area contributed by atoms with Crippen molar-refractivity contribution in [3.05, 3.63) is 64.7 Å². The van der Waals surface area contributed by atoms with E-state index in [9.17, 15) is 22.8 Å². The van der Waals surface area contributed by atoms with E-state index in [4.69, 9.17) is 4.74 Å². The smallest absolute Gasteiger partial charge is 0.340 e. The van der Waals surface area contributed by atoms with Crippen molar-refractivity contribution < 1.29 is 27.5 Å². The van der Waals surface area contributed by atoms with Gasteiger partial charge in [0.05, 0.1) is 21.6 Å². The fourth-order valence-electron chi connectivity index (χ4n) is 4.10. The number of piperidine rings is 1. The molecule has 1 fully saturated rings. The predicted molar refractivity (Wildman–Crippen MR) is 116 cm³/mol. The number of hydrogen-bond donors (Lipinski definition) is 0. The Morgan fingerprint density at radius 2 is 1.72 bits per heavy atom. The number of nitrogens with zero attached hydrogens (tertiary/aromatic N) is 2. The molecule has 0 bridgehead atoms. The van der Waals surface area contributed by atoms with Gasteiger partial charge >= 0.3 is 5.97 Å². The van der Waals surface area contributed by atoms with Crippen LogP contribution in [0.1, 0.15) is 62.8 Å². The lowest BCUT2D eigenvalue weighted by Crippen LogP contribution is -2.42. The number of rotatable bonds is 5. The summed E-state index contributed by atoms with van der Waals surface area (Å²) in [6, 6.07) is 10.6. The number of benzene rings is 2. The topological polar surface area (TPSA) is 101 Å². The number of sulfonamides is 1. The van der Waals surface area contributed by atoms with E-state index in [-0.39, 0.29) is 27.6 Å². The van der Waals surface area contributed by atoms with Crippen LogP contribution in [-0.2, 0) is 14.8 Å². The second-order valence-corrected chi connectivity index (χ2v) is 9.97. The molecule has 1 saturated heterocycles. The summed E-state index contributed by atoms with van der Waals surface area (Å²) in [5.74, 6) is -1.88. The van der Waals surface area contributed by atoms with Gasteiger partial charge < -0.3 is 4.74 Å². The number of amides is 2. The van der Waals surface area contributed by atoms with Gasteiger partial charge in [-0.05, 0) is 56.5 Å². The molecule has 1 unspecified atom stereocenters. The van der Waals surface area contributed by atoms with Gasteiger partial charge in [0.15, 0.2) is 6.73 Å². The lowest BCUT2D eigenvalue weighted by molar-refractivity contribution is 0.0227. The largest absolute Gasteiger partial charge is 0.440 e. The third-order valence-electron chi connectivity index (χ3n) is 5.98. The maximum absolute atomic E-state index is 13.1. The Morgan fingerprint density at radius 1 is 1.06 bits per heavy atom. The molecule has 8 nitrogen and oxygen atoms in total. The fourth-order valence-corrected chi connectivity index (χ4v) is 5.83. The third-order valence-corrected chi connectivity index (χ3v) is 7.99. The van der Waals surface area contributed by atoms with Crippen LogP contribution in [-0.4, -0.2) is 54.7 Å². The highest BCUT2D eigenvalue weighted by molar-refractivity contribution is 7.89. The van der Waals surface area contributed by atoms with E-state index in [1.165, 1.54) is 28.6 Å². The Bertz CT molecular complexity index is 1170. The monoisotopic (exact) mass is 456 g/mol.